The molecule has 1 aliphatic rings. The first-order valence-electron chi connectivity index (χ1n) is 9.19. The molecule has 1 aliphatic heterocycles. The van der Waals surface area contributed by atoms with Crippen molar-refractivity contribution in [2.24, 2.45) is 10.7 Å². The Morgan fingerprint density at radius 1 is 1.29 bits per heavy atom. The van der Waals surface area contributed by atoms with E-state index in [1.807, 2.05) is 30.5 Å². The molecule has 2 aromatic rings. The number of aliphatic imine (C=N–C) groups is 1. The fourth-order valence-corrected chi connectivity index (χ4v) is 3.00. The molecule has 0 amide bonds. The van der Waals surface area contributed by atoms with Crippen LogP contribution < -0.4 is 25.4 Å². The molecule has 1 aromatic heterocycles. The Morgan fingerprint density at radius 2 is 2.11 bits per heavy atom. The predicted molar refractivity (Wildman–Crippen MR) is 110 cm³/mol. The molecule has 150 valence electrons. The highest BCUT2D eigenvalue weighted by Crippen LogP contribution is 2.29. The molecule has 1 atom stereocenters. The molecular formula is C20H27N5O3. The molecule has 0 spiro atoms. The van der Waals surface area contributed by atoms with Crippen LogP contribution >= 0.6 is 0 Å². The van der Waals surface area contributed by atoms with Gasteiger partial charge in [-0.15, -0.1) is 0 Å². The molecule has 8 heteroatoms. The van der Waals surface area contributed by atoms with Crippen molar-refractivity contribution < 1.29 is 14.2 Å². The van der Waals surface area contributed by atoms with E-state index in [2.05, 4.69) is 27.1 Å². The summed E-state index contributed by atoms with van der Waals surface area (Å²) in [6.07, 6.45) is 2.06. The van der Waals surface area contributed by atoms with Crippen molar-refractivity contribution in [2.45, 2.75) is 19.6 Å². The normalized spacial score (nSPS) is 17.3. The molecule has 1 aromatic carbocycles. The van der Waals surface area contributed by atoms with Crippen molar-refractivity contribution >= 4 is 17.5 Å². The lowest BCUT2D eigenvalue weighted by molar-refractivity contribution is 0.0529. The number of benzene rings is 1. The van der Waals surface area contributed by atoms with Crippen molar-refractivity contribution in [2.75, 3.05) is 44.1 Å². The minimum absolute atomic E-state index is 0.224. The molecule has 0 aliphatic carbocycles. The Hall–Kier alpha value is -3.00. The van der Waals surface area contributed by atoms with Crippen LogP contribution in [0.3, 0.4) is 0 Å². The van der Waals surface area contributed by atoms with Crippen LogP contribution in [0.2, 0.25) is 0 Å². The van der Waals surface area contributed by atoms with Crippen LogP contribution in [0.25, 0.3) is 0 Å². The van der Waals surface area contributed by atoms with Gasteiger partial charge in [-0.25, -0.2) is 9.98 Å². The summed E-state index contributed by atoms with van der Waals surface area (Å²) in [5.74, 6) is 2.56. The molecule has 0 bridgehead atoms. The number of pyridine rings is 1. The third-order valence-corrected chi connectivity index (χ3v) is 4.46. The van der Waals surface area contributed by atoms with Gasteiger partial charge in [-0.1, -0.05) is 6.07 Å². The molecule has 3 rings (SSSR count). The number of hydrogen-bond donors (Lipinski definition) is 2. The van der Waals surface area contributed by atoms with Crippen LogP contribution in [-0.2, 0) is 11.3 Å². The standard InChI is InChI=1S/C20H27N5O3/c1-14-13-25(8-9-28-14)19-7-4-15(11-22-19)12-23-20(21)24-16-5-6-17(26-2)18(10-16)27-3/h4-7,10-11,14H,8-9,12-13H2,1-3H3,(H3,21,23,24). The molecule has 1 unspecified atom stereocenters. The van der Waals surface area contributed by atoms with Crippen LogP contribution in [0.4, 0.5) is 11.5 Å². The van der Waals surface area contributed by atoms with E-state index < -0.39 is 0 Å². The summed E-state index contributed by atoms with van der Waals surface area (Å²) in [6.45, 7) is 4.96. The average molecular weight is 385 g/mol. The number of methoxy groups -OCH3 is 2. The van der Waals surface area contributed by atoms with Crippen molar-refractivity contribution in [3.05, 3.63) is 42.1 Å². The van der Waals surface area contributed by atoms with Gasteiger partial charge in [0, 0.05) is 31.0 Å². The quantitative estimate of drug-likeness (QED) is 0.582. The largest absolute Gasteiger partial charge is 0.493 e. The van der Waals surface area contributed by atoms with Gasteiger partial charge in [0.15, 0.2) is 17.5 Å². The van der Waals surface area contributed by atoms with Crippen LogP contribution in [-0.4, -0.2) is 51.0 Å². The summed E-state index contributed by atoms with van der Waals surface area (Å²) in [5, 5.41) is 3.06. The van der Waals surface area contributed by atoms with E-state index in [9.17, 15) is 0 Å². The van der Waals surface area contributed by atoms with Gasteiger partial charge in [-0.3, -0.25) is 0 Å². The predicted octanol–water partition coefficient (Wildman–Crippen LogP) is 2.25. The molecule has 3 N–H and O–H groups in total. The fraction of sp³-hybridized carbons (Fsp3) is 0.400. The van der Waals surface area contributed by atoms with Gasteiger partial charge in [0.05, 0.1) is 33.5 Å². The molecule has 8 nitrogen and oxygen atoms in total. The minimum Gasteiger partial charge on any atom is -0.493 e. The van der Waals surface area contributed by atoms with E-state index in [0.717, 1.165) is 36.8 Å². The SMILES string of the molecule is COc1ccc(NC(N)=NCc2ccc(N3CCOC(C)C3)nc2)cc1OC. The van der Waals surface area contributed by atoms with E-state index in [4.69, 9.17) is 19.9 Å². The summed E-state index contributed by atoms with van der Waals surface area (Å²) in [7, 11) is 3.19. The molecule has 1 saturated heterocycles. The Kier molecular flexibility index (Phi) is 6.54. The van der Waals surface area contributed by atoms with Crippen LogP contribution in [0.1, 0.15) is 12.5 Å². The van der Waals surface area contributed by atoms with Gasteiger partial charge < -0.3 is 30.2 Å². The summed E-state index contributed by atoms with van der Waals surface area (Å²) in [6, 6.07) is 9.50. The van der Waals surface area contributed by atoms with Crippen molar-refractivity contribution in [1.29, 1.82) is 0 Å². The maximum atomic E-state index is 6.00. The number of anilines is 2. The lowest BCUT2D eigenvalue weighted by atomic mass is 10.2. The smallest absolute Gasteiger partial charge is 0.193 e. The number of nitrogens with one attached hydrogen (secondary N) is 1. The average Bonchev–Trinajstić information content (AvgIpc) is 2.72. The number of rotatable bonds is 6. The highest BCUT2D eigenvalue weighted by atomic mass is 16.5. The second-order valence-electron chi connectivity index (χ2n) is 6.55. The Labute approximate surface area is 165 Å². The first-order valence-corrected chi connectivity index (χ1v) is 9.19. The van der Waals surface area contributed by atoms with Gasteiger partial charge in [0.2, 0.25) is 0 Å². The van der Waals surface area contributed by atoms with E-state index in [0.29, 0.717) is 24.0 Å². The van der Waals surface area contributed by atoms with E-state index in [1.54, 1.807) is 20.3 Å². The Balaban J connectivity index is 1.58. The zero-order valence-electron chi connectivity index (χ0n) is 16.5. The van der Waals surface area contributed by atoms with Gasteiger partial charge in [0.25, 0.3) is 0 Å². The third-order valence-electron chi connectivity index (χ3n) is 4.46. The number of aromatic nitrogens is 1. The topological polar surface area (TPSA) is 94.2 Å². The first kappa shape index (κ1) is 19.8. The van der Waals surface area contributed by atoms with E-state index in [1.165, 1.54) is 0 Å². The monoisotopic (exact) mass is 385 g/mol. The molecule has 0 saturated carbocycles. The lowest BCUT2D eigenvalue weighted by Gasteiger charge is -2.32. The molecule has 28 heavy (non-hydrogen) atoms. The van der Waals surface area contributed by atoms with E-state index >= 15 is 0 Å². The third kappa shape index (κ3) is 5.04. The van der Waals surface area contributed by atoms with Crippen molar-refractivity contribution in [3.63, 3.8) is 0 Å². The summed E-state index contributed by atoms with van der Waals surface area (Å²) in [5.41, 5.74) is 7.76. The number of nitrogens with two attached hydrogens (primary N) is 1. The molecule has 1 fully saturated rings. The highest BCUT2D eigenvalue weighted by Gasteiger charge is 2.17. The Morgan fingerprint density at radius 3 is 2.79 bits per heavy atom. The zero-order valence-corrected chi connectivity index (χ0v) is 16.5. The van der Waals surface area contributed by atoms with Crippen LogP contribution in [0.5, 0.6) is 11.5 Å². The van der Waals surface area contributed by atoms with Crippen molar-refractivity contribution in [1.82, 2.24) is 4.98 Å². The summed E-state index contributed by atoms with van der Waals surface area (Å²) in [4.78, 5) is 11.2. The number of nitrogens with zero attached hydrogens (tertiary/aromatic N) is 3. The Bertz CT molecular complexity index is 810. The second kappa shape index (κ2) is 9.27. The lowest BCUT2D eigenvalue weighted by Crippen LogP contribution is -2.41. The summed E-state index contributed by atoms with van der Waals surface area (Å²) < 4.78 is 16.1. The number of guanidine groups is 1. The number of morpholine rings is 1. The number of hydrogen-bond acceptors (Lipinski definition) is 6. The maximum Gasteiger partial charge on any atom is 0.193 e. The van der Waals surface area contributed by atoms with Crippen LogP contribution in [0, 0.1) is 0 Å². The highest BCUT2D eigenvalue weighted by molar-refractivity contribution is 5.92. The fourth-order valence-electron chi connectivity index (χ4n) is 3.00. The molecular weight excluding hydrogens is 358 g/mol. The minimum atomic E-state index is 0.224. The van der Waals surface area contributed by atoms with Crippen LogP contribution in [0.15, 0.2) is 41.5 Å². The van der Waals surface area contributed by atoms with E-state index in [-0.39, 0.29) is 6.10 Å². The number of ether oxygens (including phenoxy) is 3. The van der Waals surface area contributed by atoms with Gasteiger partial charge in [0.1, 0.15) is 5.82 Å². The van der Waals surface area contributed by atoms with Gasteiger partial charge in [-0.05, 0) is 30.7 Å². The summed E-state index contributed by atoms with van der Waals surface area (Å²) >= 11 is 0. The van der Waals surface area contributed by atoms with Crippen molar-refractivity contribution in [3.8, 4) is 11.5 Å². The molecule has 0 radical (unpaired) electrons. The maximum absolute atomic E-state index is 6.00. The molecule has 2 heterocycles. The zero-order chi connectivity index (χ0) is 19.9. The van der Waals surface area contributed by atoms with Gasteiger partial charge >= 0.3 is 0 Å². The first-order chi connectivity index (χ1) is 13.6. The van der Waals surface area contributed by atoms with Gasteiger partial charge in [-0.2, -0.15) is 0 Å². The second-order valence-corrected chi connectivity index (χ2v) is 6.55.